The van der Waals surface area contributed by atoms with E-state index in [0.29, 0.717) is 22.9 Å². The average Bonchev–Trinajstić information content (AvgIpc) is 3.31. The number of aromatic nitrogens is 3. The second-order valence-corrected chi connectivity index (χ2v) is 8.04. The van der Waals surface area contributed by atoms with E-state index in [-0.39, 0.29) is 24.6 Å². The lowest BCUT2D eigenvalue weighted by Gasteiger charge is -2.15. The van der Waals surface area contributed by atoms with Crippen LogP contribution in [0, 0.1) is 17.0 Å². The summed E-state index contributed by atoms with van der Waals surface area (Å²) in [7, 11) is 0. The summed E-state index contributed by atoms with van der Waals surface area (Å²) in [6.45, 7) is 1.86. The number of nitrogens with zero attached hydrogens (tertiary/aromatic N) is 5. The van der Waals surface area contributed by atoms with Crippen molar-refractivity contribution in [3.63, 3.8) is 0 Å². The minimum Gasteiger partial charge on any atom is -0.326 e. The van der Waals surface area contributed by atoms with E-state index in [1.165, 1.54) is 11.0 Å². The van der Waals surface area contributed by atoms with Crippen LogP contribution in [-0.4, -0.2) is 31.3 Å². The van der Waals surface area contributed by atoms with Gasteiger partial charge < -0.3 is 5.32 Å². The first-order valence-electron chi connectivity index (χ1n) is 10.7. The lowest BCUT2D eigenvalue weighted by molar-refractivity contribution is -0.385. The van der Waals surface area contributed by atoms with Crippen LogP contribution < -0.4 is 10.2 Å². The number of nitrogens with one attached hydrogen (secondary N) is 1. The molecule has 0 unspecified atom stereocenters. The molecule has 1 N–H and O–H groups in total. The van der Waals surface area contributed by atoms with Crippen molar-refractivity contribution in [1.82, 2.24) is 14.5 Å². The van der Waals surface area contributed by atoms with Crippen molar-refractivity contribution in [3.8, 4) is 0 Å². The Morgan fingerprint density at radius 1 is 1.15 bits per heavy atom. The van der Waals surface area contributed by atoms with E-state index < -0.39 is 16.9 Å². The number of amides is 2. The number of nitro groups is 1. The van der Waals surface area contributed by atoms with E-state index in [9.17, 15) is 19.7 Å². The first-order chi connectivity index (χ1) is 16.4. The molecule has 0 saturated heterocycles. The number of aryl methyl sites for hydroxylation is 1. The van der Waals surface area contributed by atoms with Gasteiger partial charge in [0.05, 0.1) is 34.6 Å². The first-order valence-corrected chi connectivity index (χ1v) is 10.7. The van der Waals surface area contributed by atoms with Crippen LogP contribution >= 0.6 is 0 Å². The third kappa shape index (κ3) is 3.75. The van der Waals surface area contributed by atoms with Gasteiger partial charge in [0.2, 0.25) is 11.9 Å². The Morgan fingerprint density at radius 3 is 2.71 bits per heavy atom. The third-order valence-corrected chi connectivity index (χ3v) is 5.80. The molecule has 0 radical (unpaired) electrons. The maximum atomic E-state index is 13.4. The summed E-state index contributed by atoms with van der Waals surface area (Å²) in [4.78, 5) is 47.5. The van der Waals surface area contributed by atoms with E-state index in [1.807, 2.05) is 36.4 Å². The van der Waals surface area contributed by atoms with Gasteiger partial charge in [0, 0.05) is 23.5 Å². The van der Waals surface area contributed by atoms with Gasteiger partial charge in [0.25, 0.3) is 11.6 Å². The summed E-state index contributed by atoms with van der Waals surface area (Å²) in [6.07, 6.45) is 1.51. The highest BCUT2D eigenvalue weighted by atomic mass is 16.6. The first kappa shape index (κ1) is 21.3. The topological polar surface area (TPSA) is 123 Å². The number of carbonyl (C=O) groups is 2. The number of benzene rings is 2. The number of pyridine rings is 1. The normalized spacial score (nSPS) is 14.9. The molecule has 2 aromatic heterocycles. The second kappa shape index (κ2) is 8.39. The summed E-state index contributed by atoms with van der Waals surface area (Å²) in [6, 6.07) is 16.6. The number of hydrogen-bond acceptors (Lipinski definition) is 6. The van der Waals surface area contributed by atoms with Gasteiger partial charge in [-0.1, -0.05) is 24.3 Å². The van der Waals surface area contributed by atoms with Crippen LogP contribution in [-0.2, 0) is 16.1 Å². The minimum absolute atomic E-state index is 0.0841. The highest BCUT2D eigenvalue weighted by Crippen LogP contribution is 2.37. The third-order valence-electron chi connectivity index (χ3n) is 5.80. The molecule has 0 bridgehead atoms. The number of para-hydroxylation sites is 2. The summed E-state index contributed by atoms with van der Waals surface area (Å²) in [5, 5.41) is 13.9. The molecular formula is C24H20N6O4. The molecule has 2 aromatic carbocycles. The molecule has 0 saturated carbocycles. The monoisotopic (exact) mass is 456 g/mol. The maximum absolute atomic E-state index is 13.4. The highest BCUT2D eigenvalue weighted by molar-refractivity contribution is 6.05. The molecule has 1 atom stereocenters. The van der Waals surface area contributed by atoms with Gasteiger partial charge in [0.1, 0.15) is 6.04 Å². The fourth-order valence-electron chi connectivity index (χ4n) is 4.17. The molecule has 0 aliphatic carbocycles. The highest BCUT2D eigenvalue weighted by Gasteiger charge is 2.41. The van der Waals surface area contributed by atoms with Crippen LogP contribution in [0.4, 0.5) is 17.3 Å². The number of fused-ring (bicyclic) bond motifs is 3. The number of hydrogen-bond donors (Lipinski definition) is 1. The second-order valence-electron chi connectivity index (χ2n) is 8.04. The molecule has 1 aliphatic heterocycles. The maximum Gasteiger partial charge on any atom is 0.274 e. The summed E-state index contributed by atoms with van der Waals surface area (Å²) in [5.74, 6) is -0.232. The zero-order chi connectivity index (χ0) is 23.8. The Hall–Kier alpha value is -4.60. The van der Waals surface area contributed by atoms with Crippen LogP contribution in [0.25, 0.3) is 11.0 Å². The Balaban J connectivity index is 1.45. The molecule has 0 fully saturated rings. The van der Waals surface area contributed by atoms with Crippen LogP contribution in [0.5, 0.6) is 0 Å². The zero-order valence-corrected chi connectivity index (χ0v) is 18.2. The van der Waals surface area contributed by atoms with Crippen molar-refractivity contribution >= 4 is 40.2 Å². The molecule has 10 nitrogen and oxygen atoms in total. The van der Waals surface area contributed by atoms with Crippen molar-refractivity contribution in [1.29, 1.82) is 0 Å². The summed E-state index contributed by atoms with van der Waals surface area (Å²) in [5.41, 5.74) is 2.88. The van der Waals surface area contributed by atoms with Gasteiger partial charge in [0.15, 0.2) is 0 Å². The standard InChI is InChI=1S/C24H20N6O4/c1-15-9-10-16(12-20(15)30(33)34)26-22(31)13-21-23(32)28(14-17-6-4-5-11-25-17)24-27-18-7-2-3-8-19(18)29(21)24/h2-12,21H,13-14H2,1H3,(H,26,31)/t21-/m1/s1. The zero-order valence-electron chi connectivity index (χ0n) is 18.2. The fraction of sp³-hybridized carbons (Fsp3) is 0.167. The van der Waals surface area contributed by atoms with E-state index in [0.717, 1.165) is 11.0 Å². The lowest BCUT2D eigenvalue weighted by Crippen LogP contribution is -2.31. The van der Waals surface area contributed by atoms with Crippen molar-refractivity contribution in [2.75, 3.05) is 10.2 Å². The molecule has 1 aliphatic rings. The quantitative estimate of drug-likeness (QED) is 0.348. The predicted molar refractivity (Wildman–Crippen MR) is 125 cm³/mol. The average molecular weight is 456 g/mol. The van der Waals surface area contributed by atoms with Crippen molar-refractivity contribution in [3.05, 3.63) is 88.2 Å². The van der Waals surface area contributed by atoms with Gasteiger partial charge in [-0.05, 0) is 37.3 Å². The number of anilines is 2. The molecule has 2 amide bonds. The molecule has 5 rings (SSSR count). The Kier molecular flexibility index (Phi) is 5.25. The fourth-order valence-corrected chi connectivity index (χ4v) is 4.17. The Labute approximate surface area is 194 Å². The van der Waals surface area contributed by atoms with Crippen LogP contribution in [0.3, 0.4) is 0 Å². The van der Waals surface area contributed by atoms with Crippen LogP contribution in [0.1, 0.15) is 23.7 Å². The van der Waals surface area contributed by atoms with E-state index in [4.69, 9.17) is 0 Å². The van der Waals surface area contributed by atoms with Gasteiger partial charge in [-0.2, -0.15) is 0 Å². The number of rotatable bonds is 6. The summed E-state index contributed by atoms with van der Waals surface area (Å²) >= 11 is 0. The Bertz CT molecular complexity index is 1430. The van der Waals surface area contributed by atoms with Gasteiger partial charge in [-0.3, -0.25) is 34.2 Å². The van der Waals surface area contributed by atoms with Gasteiger partial charge >= 0.3 is 0 Å². The molecule has 10 heteroatoms. The number of nitro benzene ring substituents is 1. The van der Waals surface area contributed by atoms with Gasteiger partial charge in [-0.25, -0.2) is 4.98 Å². The largest absolute Gasteiger partial charge is 0.326 e. The van der Waals surface area contributed by atoms with Crippen LogP contribution in [0.2, 0.25) is 0 Å². The number of imidazole rings is 1. The van der Waals surface area contributed by atoms with Crippen molar-refractivity contribution in [2.45, 2.75) is 25.9 Å². The Morgan fingerprint density at radius 2 is 1.94 bits per heavy atom. The predicted octanol–water partition coefficient (Wildman–Crippen LogP) is 3.76. The molecule has 0 spiro atoms. The summed E-state index contributed by atoms with van der Waals surface area (Å²) < 4.78 is 1.78. The lowest BCUT2D eigenvalue weighted by atomic mass is 10.1. The molecule has 3 heterocycles. The van der Waals surface area contributed by atoms with Crippen molar-refractivity contribution in [2.24, 2.45) is 0 Å². The van der Waals surface area contributed by atoms with E-state index in [1.54, 1.807) is 35.9 Å². The molecule has 34 heavy (non-hydrogen) atoms. The smallest absolute Gasteiger partial charge is 0.274 e. The number of carbonyl (C=O) groups excluding carboxylic acids is 2. The molecule has 4 aromatic rings. The molecule has 170 valence electrons. The SMILES string of the molecule is Cc1ccc(NC(=O)C[C@@H]2C(=O)N(Cc3ccccn3)c3nc4ccccc4n32)cc1[N+](=O)[O-]. The van der Waals surface area contributed by atoms with Crippen molar-refractivity contribution < 1.29 is 14.5 Å². The van der Waals surface area contributed by atoms with E-state index in [2.05, 4.69) is 15.3 Å². The molecular weight excluding hydrogens is 436 g/mol. The van der Waals surface area contributed by atoms with Gasteiger partial charge in [-0.15, -0.1) is 0 Å². The van der Waals surface area contributed by atoms with Crippen LogP contribution in [0.15, 0.2) is 66.9 Å². The van der Waals surface area contributed by atoms with E-state index >= 15 is 0 Å². The minimum atomic E-state index is -0.799.